The predicted octanol–water partition coefficient (Wildman–Crippen LogP) is 4.40. The molecule has 7 heteroatoms. The molecule has 0 radical (unpaired) electrons. The standard InChI is InChI=1S/C17H25N3O2.C5H10O2/c1-17(2,3)22-16(21)20-15-6-4-5-14(19-15)8-7-13-9-11-18-12-10-13;1-5(2,3)7-4-6/h4-8,13,18H,9-12H2,1-3H3,(H,19,20,21);4H,1-3H3. The van der Waals surface area contributed by atoms with Gasteiger partial charge < -0.3 is 14.8 Å². The van der Waals surface area contributed by atoms with E-state index in [4.69, 9.17) is 4.74 Å². The first-order valence-electron chi connectivity index (χ1n) is 9.96. The number of amides is 1. The predicted molar refractivity (Wildman–Crippen MR) is 116 cm³/mol. The van der Waals surface area contributed by atoms with Crippen LogP contribution in [-0.2, 0) is 14.3 Å². The van der Waals surface area contributed by atoms with Gasteiger partial charge in [-0.2, -0.15) is 0 Å². The smallest absolute Gasteiger partial charge is 0.413 e. The number of ether oxygens (including phenoxy) is 2. The highest BCUT2D eigenvalue weighted by atomic mass is 16.6. The fourth-order valence-electron chi connectivity index (χ4n) is 2.44. The largest absolute Gasteiger partial charge is 0.462 e. The molecule has 29 heavy (non-hydrogen) atoms. The first-order valence-corrected chi connectivity index (χ1v) is 9.96. The Kier molecular flexibility index (Phi) is 9.81. The lowest BCUT2D eigenvalue weighted by molar-refractivity contribution is -0.138. The van der Waals surface area contributed by atoms with E-state index in [2.05, 4.69) is 26.4 Å². The van der Waals surface area contributed by atoms with E-state index in [9.17, 15) is 9.59 Å². The molecule has 0 saturated carbocycles. The summed E-state index contributed by atoms with van der Waals surface area (Å²) in [5.41, 5.74) is 0.00494. The van der Waals surface area contributed by atoms with E-state index in [0.717, 1.165) is 31.6 Å². The molecule has 1 saturated heterocycles. The van der Waals surface area contributed by atoms with E-state index in [1.807, 2.05) is 59.8 Å². The van der Waals surface area contributed by atoms with Crippen molar-refractivity contribution in [3.05, 3.63) is 30.0 Å². The van der Waals surface area contributed by atoms with Gasteiger partial charge >= 0.3 is 6.09 Å². The van der Waals surface area contributed by atoms with Gasteiger partial charge in [0.25, 0.3) is 6.47 Å². The zero-order chi connectivity index (χ0) is 21.9. The number of pyridine rings is 1. The van der Waals surface area contributed by atoms with Gasteiger partial charge in [-0.05, 0) is 91.6 Å². The summed E-state index contributed by atoms with van der Waals surface area (Å²) in [5, 5.41) is 6.01. The number of rotatable bonds is 4. The second-order valence-electron chi connectivity index (χ2n) is 8.85. The maximum Gasteiger partial charge on any atom is 0.413 e. The van der Waals surface area contributed by atoms with E-state index in [1.54, 1.807) is 6.07 Å². The van der Waals surface area contributed by atoms with E-state index in [1.165, 1.54) is 0 Å². The molecule has 0 unspecified atom stereocenters. The fourth-order valence-corrected chi connectivity index (χ4v) is 2.44. The molecule has 0 bridgehead atoms. The first-order chi connectivity index (χ1) is 13.5. The normalized spacial score (nSPS) is 15.2. The molecule has 0 aromatic carbocycles. The minimum absolute atomic E-state index is 0.318. The van der Waals surface area contributed by atoms with Crippen molar-refractivity contribution in [3.8, 4) is 0 Å². The Morgan fingerprint density at radius 2 is 1.79 bits per heavy atom. The maximum absolute atomic E-state index is 11.7. The van der Waals surface area contributed by atoms with Crippen molar-refractivity contribution in [2.45, 2.75) is 65.6 Å². The van der Waals surface area contributed by atoms with Crippen LogP contribution in [-0.4, -0.2) is 41.8 Å². The summed E-state index contributed by atoms with van der Waals surface area (Å²) >= 11 is 0. The Labute approximate surface area is 174 Å². The minimum atomic E-state index is -0.517. The Hall–Kier alpha value is -2.41. The monoisotopic (exact) mass is 405 g/mol. The average Bonchev–Trinajstić information content (AvgIpc) is 2.59. The molecule has 1 aromatic rings. The van der Waals surface area contributed by atoms with Gasteiger partial charge in [0.15, 0.2) is 0 Å². The Bertz CT molecular complexity index is 669. The van der Waals surface area contributed by atoms with E-state index in [0.29, 0.717) is 18.2 Å². The molecular formula is C22H35N3O4. The summed E-state index contributed by atoms with van der Waals surface area (Å²) in [5.74, 6) is 1.10. The van der Waals surface area contributed by atoms with Crippen LogP contribution in [0, 0.1) is 5.92 Å². The second kappa shape index (κ2) is 11.6. The number of hydrogen-bond donors (Lipinski definition) is 2. The lowest BCUT2D eigenvalue weighted by Crippen LogP contribution is -2.27. The molecular weight excluding hydrogens is 370 g/mol. The van der Waals surface area contributed by atoms with Crippen molar-refractivity contribution in [1.29, 1.82) is 0 Å². The zero-order valence-corrected chi connectivity index (χ0v) is 18.5. The highest BCUT2D eigenvalue weighted by Gasteiger charge is 2.16. The van der Waals surface area contributed by atoms with Crippen LogP contribution in [0.3, 0.4) is 0 Å². The van der Waals surface area contributed by atoms with Crippen LogP contribution in [0.25, 0.3) is 6.08 Å². The van der Waals surface area contributed by atoms with Gasteiger partial charge in [0.1, 0.15) is 17.0 Å². The molecule has 7 nitrogen and oxygen atoms in total. The van der Waals surface area contributed by atoms with Gasteiger partial charge in [-0.3, -0.25) is 10.1 Å². The summed E-state index contributed by atoms with van der Waals surface area (Å²) in [6.45, 7) is 13.6. The van der Waals surface area contributed by atoms with Gasteiger partial charge in [0.2, 0.25) is 0 Å². The topological polar surface area (TPSA) is 89.6 Å². The van der Waals surface area contributed by atoms with Crippen molar-refractivity contribution in [3.63, 3.8) is 0 Å². The highest BCUT2D eigenvalue weighted by Crippen LogP contribution is 2.16. The van der Waals surface area contributed by atoms with Crippen LogP contribution in [0.1, 0.15) is 60.1 Å². The third-order valence-corrected chi connectivity index (χ3v) is 3.72. The van der Waals surface area contributed by atoms with Gasteiger partial charge in [0, 0.05) is 0 Å². The Morgan fingerprint density at radius 3 is 2.31 bits per heavy atom. The molecule has 2 heterocycles. The number of anilines is 1. The third kappa shape index (κ3) is 12.6. The highest BCUT2D eigenvalue weighted by molar-refractivity contribution is 5.83. The van der Waals surface area contributed by atoms with Crippen LogP contribution >= 0.6 is 0 Å². The Balaban J connectivity index is 0.000000516. The number of aromatic nitrogens is 1. The molecule has 1 amide bonds. The van der Waals surface area contributed by atoms with Crippen molar-refractivity contribution < 1.29 is 19.1 Å². The number of piperidine rings is 1. The number of allylic oxidation sites excluding steroid dienone is 1. The van der Waals surface area contributed by atoms with Crippen LogP contribution in [0.5, 0.6) is 0 Å². The second-order valence-corrected chi connectivity index (χ2v) is 8.85. The van der Waals surface area contributed by atoms with Gasteiger partial charge in [-0.1, -0.05) is 12.1 Å². The van der Waals surface area contributed by atoms with Crippen LogP contribution in [0.2, 0.25) is 0 Å². The van der Waals surface area contributed by atoms with Gasteiger partial charge in [-0.25, -0.2) is 9.78 Å². The van der Waals surface area contributed by atoms with Gasteiger partial charge in [-0.15, -0.1) is 0 Å². The molecule has 1 aliphatic heterocycles. The van der Waals surface area contributed by atoms with Crippen LogP contribution in [0.4, 0.5) is 10.6 Å². The summed E-state index contributed by atoms with van der Waals surface area (Å²) in [6.07, 6.45) is 6.06. The zero-order valence-electron chi connectivity index (χ0n) is 18.5. The molecule has 162 valence electrons. The molecule has 1 aromatic heterocycles. The molecule has 0 atom stereocenters. The van der Waals surface area contributed by atoms with Crippen molar-refractivity contribution in [1.82, 2.24) is 10.3 Å². The molecule has 0 spiro atoms. The number of hydrogen-bond acceptors (Lipinski definition) is 6. The molecule has 1 fully saturated rings. The number of nitrogens with zero attached hydrogens (tertiary/aromatic N) is 1. The molecule has 1 aliphatic rings. The average molecular weight is 406 g/mol. The number of carbonyl (C=O) groups excluding carboxylic acids is 2. The van der Waals surface area contributed by atoms with E-state index < -0.39 is 11.7 Å². The first kappa shape index (κ1) is 24.6. The van der Waals surface area contributed by atoms with Crippen molar-refractivity contribution in [2.24, 2.45) is 5.92 Å². The van der Waals surface area contributed by atoms with E-state index in [-0.39, 0.29) is 5.60 Å². The lowest BCUT2D eigenvalue weighted by Gasteiger charge is -2.19. The van der Waals surface area contributed by atoms with E-state index >= 15 is 0 Å². The summed E-state index contributed by atoms with van der Waals surface area (Å²) in [4.78, 5) is 25.8. The summed E-state index contributed by atoms with van der Waals surface area (Å²) < 4.78 is 9.77. The maximum atomic E-state index is 11.7. The number of carbonyl (C=O) groups is 2. The van der Waals surface area contributed by atoms with Crippen LogP contribution in [0.15, 0.2) is 24.3 Å². The summed E-state index contributed by atoms with van der Waals surface area (Å²) in [6, 6.07) is 5.56. The van der Waals surface area contributed by atoms with Crippen molar-refractivity contribution in [2.75, 3.05) is 18.4 Å². The molecule has 2 N–H and O–H groups in total. The molecule has 0 aliphatic carbocycles. The van der Waals surface area contributed by atoms with Gasteiger partial charge in [0.05, 0.1) is 5.69 Å². The van der Waals surface area contributed by atoms with Crippen LogP contribution < -0.4 is 10.6 Å². The van der Waals surface area contributed by atoms with Crippen molar-refractivity contribution >= 4 is 24.5 Å². The fraction of sp³-hybridized carbons (Fsp3) is 0.591. The third-order valence-electron chi connectivity index (χ3n) is 3.72. The summed E-state index contributed by atoms with van der Waals surface area (Å²) in [7, 11) is 0. The Morgan fingerprint density at radius 1 is 1.14 bits per heavy atom. The lowest BCUT2D eigenvalue weighted by atomic mass is 9.97. The number of nitrogens with one attached hydrogen (secondary N) is 2. The minimum Gasteiger partial charge on any atom is -0.462 e. The SMILES string of the molecule is CC(C)(C)OC(=O)Nc1cccc(C=CC2CCNCC2)n1.CC(C)(C)OC=O. The molecule has 2 rings (SSSR count). The quantitative estimate of drug-likeness (QED) is 0.722.